The molecule has 31 heavy (non-hydrogen) atoms. The van der Waals surface area contributed by atoms with Gasteiger partial charge >= 0.3 is 5.97 Å². The zero-order valence-corrected chi connectivity index (χ0v) is 20.5. The van der Waals surface area contributed by atoms with Gasteiger partial charge in [0, 0.05) is 19.0 Å². The molecule has 0 bridgehead atoms. The highest BCUT2D eigenvalue weighted by molar-refractivity contribution is 5.69. The summed E-state index contributed by atoms with van der Waals surface area (Å²) in [7, 11) is 1.51. The van der Waals surface area contributed by atoms with Crippen molar-refractivity contribution in [3.63, 3.8) is 0 Å². The number of fused-ring (bicyclic) bond motifs is 5. The molecule has 0 amide bonds. The first-order valence-corrected chi connectivity index (χ1v) is 13.2. The van der Waals surface area contributed by atoms with Crippen LogP contribution in [0.1, 0.15) is 91.4 Å². The van der Waals surface area contributed by atoms with Gasteiger partial charge in [-0.3, -0.25) is 4.79 Å². The Morgan fingerprint density at radius 1 is 1.06 bits per heavy atom. The number of carbonyl (C=O) groups is 1. The monoisotopic (exact) mass is 433 g/mol. The van der Waals surface area contributed by atoms with Crippen LogP contribution in [0.2, 0.25) is 0 Å². The van der Waals surface area contributed by atoms with Crippen molar-refractivity contribution in [3.05, 3.63) is 0 Å². The predicted octanol–water partition coefficient (Wildman–Crippen LogP) is 5.19. The molecular formula is C27H47NO3. The summed E-state index contributed by atoms with van der Waals surface area (Å²) >= 11 is 0. The molecule has 4 aliphatic carbocycles. The van der Waals surface area contributed by atoms with Gasteiger partial charge in [-0.05, 0) is 111 Å². The second kappa shape index (κ2) is 9.33. The number of ether oxygens (including phenoxy) is 1. The summed E-state index contributed by atoms with van der Waals surface area (Å²) in [4.78, 5) is 11.7. The Morgan fingerprint density at radius 2 is 1.81 bits per heavy atom. The van der Waals surface area contributed by atoms with E-state index >= 15 is 0 Å². The third kappa shape index (κ3) is 4.21. The van der Waals surface area contributed by atoms with Gasteiger partial charge in [-0.15, -0.1) is 0 Å². The highest BCUT2D eigenvalue weighted by atomic mass is 16.5. The van der Waals surface area contributed by atoms with Gasteiger partial charge < -0.3 is 15.2 Å². The van der Waals surface area contributed by atoms with Gasteiger partial charge in [-0.25, -0.2) is 0 Å². The number of hydrogen-bond donors (Lipinski definition) is 2. The van der Waals surface area contributed by atoms with E-state index in [2.05, 4.69) is 26.1 Å². The fourth-order valence-corrected chi connectivity index (χ4v) is 9.34. The first-order chi connectivity index (χ1) is 14.8. The highest BCUT2D eigenvalue weighted by Gasteiger charge is 2.60. The SMILES string of the molecule is COC(=O)CC[C@@H](C)[C@H]1CCC2C3CC[C@@H]4C[C@@H](NCCO)CC[C@]4(C)C3CC[C@@]21C. The van der Waals surface area contributed by atoms with Gasteiger partial charge in [0.25, 0.3) is 0 Å². The summed E-state index contributed by atoms with van der Waals surface area (Å²) < 4.78 is 4.90. The average Bonchev–Trinajstić information content (AvgIpc) is 3.13. The maximum absolute atomic E-state index is 11.7. The predicted molar refractivity (Wildman–Crippen MR) is 125 cm³/mol. The van der Waals surface area contributed by atoms with Crippen molar-refractivity contribution in [1.82, 2.24) is 5.32 Å². The van der Waals surface area contributed by atoms with E-state index in [9.17, 15) is 9.90 Å². The number of carbonyl (C=O) groups excluding carboxylic acids is 1. The molecule has 3 unspecified atom stereocenters. The Hall–Kier alpha value is -0.610. The summed E-state index contributed by atoms with van der Waals surface area (Å²) in [5.41, 5.74) is 0.996. The lowest BCUT2D eigenvalue weighted by atomic mass is 9.44. The summed E-state index contributed by atoms with van der Waals surface area (Å²) in [5.74, 6) is 4.91. The molecule has 0 heterocycles. The molecule has 2 N–H and O–H groups in total. The maximum Gasteiger partial charge on any atom is 0.305 e. The van der Waals surface area contributed by atoms with E-state index in [4.69, 9.17) is 4.74 Å². The molecule has 4 saturated carbocycles. The molecule has 0 aromatic rings. The van der Waals surface area contributed by atoms with Gasteiger partial charge in [-0.1, -0.05) is 20.8 Å². The minimum absolute atomic E-state index is 0.0504. The molecule has 4 fully saturated rings. The van der Waals surface area contributed by atoms with Crippen LogP contribution in [0, 0.1) is 46.3 Å². The number of methoxy groups -OCH3 is 1. The van der Waals surface area contributed by atoms with Crippen LogP contribution in [-0.2, 0) is 9.53 Å². The molecule has 0 aliphatic heterocycles. The minimum atomic E-state index is -0.0504. The standard InChI is InChI=1S/C27H47NO3/c1-18(5-10-25(30)31-4)22-8-9-23-21-7-6-19-17-20(28-15-16-29)11-13-26(19,2)24(21)12-14-27(22,23)3/h18-24,28-29H,5-17H2,1-4H3/t18-,19-,20+,21?,22-,23?,24?,26+,27-/m1/s1. The molecule has 9 atom stereocenters. The van der Waals surface area contributed by atoms with Crippen LogP contribution in [0.3, 0.4) is 0 Å². The van der Waals surface area contributed by atoms with Gasteiger partial charge in [0.1, 0.15) is 0 Å². The van der Waals surface area contributed by atoms with Crippen molar-refractivity contribution in [2.75, 3.05) is 20.3 Å². The third-order valence-corrected chi connectivity index (χ3v) is 11.0. The Kier molecular flexibility index (Phi) is 7.09. The van der Waals surface area contributed by atoms with Crippen molar-refractivity contribution in [1.29, 1.82) is 0 Å². The average molecular weight is 434 g/mol. The lowest BCUT2D eigenvalue weighted by Gasteiger charge is -2.61. The Labute approximate surface area is 190 Å². The first-order valence-electron chi connectivity index (χ1n) is 13.2. The minimum Gasteiger partial charge on any atom is -0.469 e. The number of rotatable bonds is 7. The van der Waals surface area contributed by atoms with Crippen molar-refractivity contribution < 1.29 is 14.6 Å². The van der Waals surface area contributed by atoms with E-state index in [0.717, 1.165) is 42.6 Å². The number of hydrogen-bond acceptors (Lipinski definition) is 4. The molecule has 0 radical (unpaired) electrons. The number of aliphatic hydroxyl groups excluding tert-OH is 1. The third-order valence-electron chi connectivity index (χ3n) is 11.0. The molecular weight excluding hydrogens is 386 g/mol. The molecule has 0 saturated heterocycles. The van der Waals surface area contributed by atoms with Gasteiger partial charge in [0.05, 0.1) is 13.7 Å². The number of nitrogens with one attached hydrogen (secondary N) is 1. The molecule has 4 heteroatoms. The quantitative estimate of drug-likeness (QED) is 0.543. The molecule has 4 rings (SSSR count). The topological polar surface area (TPSA) is 58.6 Å². The van der Waals surface area contributed by atoms with Crippen molar-refractivity contribution in [3.8, 4) is 0 Å². The van der Waals surface area contributed by atoms with E-state index in [1.165, 1.54) is 64.9 Å². The molecule has 4 nitrogen and oxygen atoms in total. The highest BCUT2D eigenvalue weighted by Crippen LogP contribution is 2.68. The van der Waals surface area contributed by atoms with E-state index < -0.39 is 0 Å². The molecule has 0 aromatic carbocycles. The van der Waals surface area contributed by atoms with Crippen LogP contribution < -0.4 is 5.32 Å². The zero-order valence-electron chi connectivity index (χ0n) is 20.5. The lowest BCUT2D eigenvalue weighted by Crippen LogP contribution is -2.55. The van der Waals surface area contributed by atoms with Crippen molar-refractivity contribution in [2.24, 2.45) is 46.3 Å². The fraction of sp³-hybridized carbons (Fsp3) is 0.963. The van der Waals surface area contributed by atoms with Gasteiger partial charge in [-0.2, -0.15) is 0 Å². The summed E-state index contributed by atoms with van der Waals surface area (Å²) in [6, 6.07) is 0.613. The first kappa shape index (κ1) is 23.5. The molecule has 0 aromatic heterocycles. The zero-order chi connectivity index (χ0) is 22.2. The maximum atomic E-state index is 11.7. The summed E-state index contributed by atoms with van der Waals surface area (Å²) in [5, 5.41) is 12.8. The van der Waals surface area contributed by atoms with Crippen molar-refractivity contribution >= 4 is 5.97 Å². The normalized spacial score (nSPS) is 45.3. The smallest absolute Gasteiger partial charge is 0.305 e. The van der Waals surface area contributed by atoms with Gasteiger partial charge in [0.2, 0.25) is 0 Å². The Morgan fingerprint density at radius 3 is 2.55 bits per heavy atom. The molecule has 4 aliphatic rings. The van der Waals surface area contributed by atoms with Crippen LogP contribution >= 0.6 is 0 Å². The van der Waals surface area contributed by atoms with Crippen LogP contribution in [0.5, 0.6) is 0 Å². The fourth-order valence-electron chi connectivity index (χ4n) is 9.34. The second-order valence-electron chi connectivity index (χ2n) is 12.1. The Bertz CT molecular complexity index is 638. The van der Waals surface area contributed by atoms with Gasteiger partial charge in [0.15, 0.2) is 0 Å². The second-order valence-corrected chi connectivity index (χ2v) is 12.1. The van der Waals surface area contributed by atoms with E-state index in [-0.39, 0.29) is 12.6 Å². The van der Waals surface area contributed by atoms with Crippen molar-refractivity contribution in [2.45, 2.75) is 97.4 Å². The van der Waals surface area contributed by atoms with Crippen LogP contribution in [0.15, 0.2) is 0 Å². The number of aliphatic hydroxyl groups is 1. The summed E-state index contributed by atoms with van der Waals surface area (Å²) in [6.45, 7) is 8.65. The summed E-state index contributed by atoms with van der Waals surface area (Å²) in [6.07, 6.45) is 13.9. The Balaban J connectivity index is 1.43. The number of esters is 1. The van der Waals surface area contributed by atoms with Crippen LogP contribution in [0.25, 0.3) is 0 Å². The van der Waals surface area contributed by atoms with Crippen LogP contribution in [0.4, 0.5) is 0 Å². The van der Waals surface area contributed by atoms with E-state index in [0.29, 0.717) is 29.2 Å². The molecule has 178 valence electrons. The largest absolute Gasteiger partial charge is 0.469 e. The van der Waals surface area contributed by atoms with E-state index in [1.807, 2.05) is 0 Å². The van der Waals surface area contributed by atoms with Crippen LogP contribution in [-0.4, -0.2) is 37.4 Å². The lowest BCUT2D eigenvalue weighted by molar-refractivity contribution is -0.141. The molecule has 0 spiro atoms. The van der Waals surface area contributed by atoms with E-state index in [1.54, 1.807) is 0 Å².